The highest BCUT2D eigenvalue weighted by molar-refractivity contribution is 5.95. The van der Waals surface area contributed by atoms with Crippen LogP contribution in [-0.4, -0.2) is 16.6 Å². The number of para-hydroxylation sites is 1. The summed E-state index contributed by atoms with van der Waals surface area (Å²) in [5.41, 5.74) is 1.32. The van der Waals surface area contributed by atoms with Crippen molar-refractivity contribution in [2.75, 3.05) is 5.32 Å². The van der Waals surface area contributed by atoms with Gasteiger partial charge in [-0.05, 0) is 38.1 Å². The minimum atomic E-state index is -0.593. The average molecular weight is 354 g/mol. The highest BCUT2D eigenvalue weighted by atomic mass is 16.5. The number of anilines is 1. The Morgan fingerprint density at radius 3 is 1.96 bits per heavy atom. The van der Waals surface area contributed by atoms with Gasteiger partial charge in [0.1, 0.15) is 5.82 Å². The zero-order valence-corrected chi connectivity index (χ0v) is 16.8. The molecule has 4 heteroatoms. The third kappa shape index (κ3) is 5.38. The molecule has 1 heterocycles. The van der Waals surface area contributed by atoms with Crippen LogP contribution in [0.4, 0.5) is 5.69 Å². The smallest absolute Gasteiger partial charge is 0.240 e. The van der Waals surface area contributed by atoms with Crippen molar-refractivity contribution in [3.63, 3.8) is 0 Å². The lowest BCUT2D eigenvalue weighted by Crippen LogP contribution is -2.39. The quantitative estimate of drug-likeness (QED) is 0.726. The fraction of sp³-hybridized carbons (Fsp3) is 0.318. The molecule has 0 spiro atoms. The molecule has 140 valence electrons. The predicted molar refractivity (Wildman–Crippen MR) is 112 cm³/mol. The lowest BCUT2D eigenvalue weighted by Gasteiger charge is -2.30. The van der Waals surface area contributed by atoms with E-state index in [0.29, 0.717) is 11.7 Å². The molecule has 0 saturated carbocycles. The monoisotopic (exact) mass is 353 g/mol. The maximum atomic E-state index is 5.98. The molecule has 0 aromatic heterocycles. The SMILES string of the molecule is C=C(Nc1ccccc1)N1N=C(c2ccccc2)OC1(C)C.CC.CC. The van der Waals surface area contributed by atoms with Crippen molar-refractivity contribution in [1.82, 2.24) is 5.01 Å². The normalized spacial score (nSPS) is 13.9. The van der Waals surface area contributed by atoms with Gasteiger partial charge in [0.2, 0.25) is 11.6 Å². The summed E-state index contributed by atoms with van der Waals surface area (Å²) >= 11 is 0. The molecule has 0 amide bonds. The Morgan fingerprint density at radius 2 is 1.42 bits per heavy atom. The van der Waals surface area contributed by atoms with Crippen LogP contribution in [0.2, 0.25) is 0 Å². The van der Waals surface area contributed by atoms with Crippen LogP contribution in [0, 0.1) is 0 Å². The Morgan fingerprint density at radius 1 is 0.923 bits per heavy atom. The molecule has 4 nitrogen and oxygen atoms in total. The van der Waals surface area contributed by atoms with Crippen molar-refractivity contribution in [3.8, 4) is 0 Å². The molecule has 0 saturated heterocycles. The zero-order valence-electron chi connectivity index (χ0n) is 16.8. The first-order valence-electron chi connectivity index (χ1n) is 9.20. The first kappa shape index (κ1) is 21.3. The van der Waals surface area contributed by atoms with Gasteiger partial charge in [-0.15, -0.1) is 5.10 Å². The van der Waals surface area contributed by atoms with Crippen molar-refractivity contribution in [2.24, 2.45) is 5.10 Å². The minimum absolute atomic E-state index is 0.593. The number of hydrogen-bond donors (Lipinski definition) is 1. The standard InChI is InChI=1S/C18H19N3O.2C2H6/c1-14(19-16-12-8-5-9-13-16)21-18(2,3)22-17(20-21)15-10-6-4-7-11-15;2*1-2/h4-13,19H,1H2,2-3H3;2*1-2H3. The van der Waals surface area contributed by atoms with E-state index in [2.05, 4.69) is 17.0 Å². The number of hydrazone groups is 1. The summed E-state index contributed by atoms with van der Waals surface area (Å²) in [5.74, 6) is 1.27. The Balaban J connectivity index is 0.000000791. The van der Waals surface area contributed by atoms with E-state index in [0.717, 1.165) is 11.3 Å². The summed E-state index contributed by atoms with van der Waals surface area (Å²) in [6.07, 6.45) is 0. The molecule has 0 fully saturated rings. The lowest BCUT2D eigenvalue weighted by atomic mass is 10.2. The number of ether oxygens (including phenoxy) is 1. The topological polar surface area (TPSA) is 36.9 Å². The minimum Gasteiger partial charge on any atom is -0.448 e. The van der Waals surface area contributed by atoms with Gasteiger partial charge in [0.15, 0.2) is 0 Å². The number of nitrogens with zero attached hydrogens (tertiary/aromatic N) is 2. The van der Waals surface area contributed by atoms with Crippen molar-refractivity contribution in [3.05, 3.63) is 78.6 Å². The predicted octanol–water partition coefficient (Wildman–Crippen LogP) is 6.05. The zero-order chi connectivity index (χ0) is 19.6. The van der Waals surface area contributed by atoms with E-state index in [-0.39, 0.29) is 0 Å². The van der Waals surface area contributed by atoms with E-state index in [4.69, 9.17) is 4.74 Å². The molecule has 1 N–H and O–H groups in total. The second kappa shape index (κ2) is 10.3. The van der Waals surface area contributed by atoms with Crippen molar-refractivity contribution >= 4 is 11.6 Å². The molecule has 3 rings (SSSR count). The summed E-state index contributed by atoms with van der Waals surface area (Å²) in [5, 5.41) is 9.59. The van der Waals surface area contributed by atoms with Gasteiger partial charge in [0.05, 0.1) is 0 Å². The fourth-order valence-corrected chi connectivity index (χ4v) is 2.34. The molecule has 1 aliphatic heterocycles. The molecular weight excluding hydrogens is 322 g/mol. The Bertz CT molecular complexity index is 694. The van der Waals surface area contributed by atoms with Crippen LogP contribution in [-0.2, 0) is 4.74 Å². The molecule has 2 aromatic carbocycles. The summed E-state index contributed by atoms with van der Waals surface area (Å²) in [7, 11) is 0. The van der Waals surface area contributed by atoms with Crippen LogP contribution in [0.5, 0.6) is 0 Å². The highest BCUT2D eigenvalue weighted by Crippen LogP contribution is 2.30. The second-order valence-electron chi connectivity index (χ2n) is 5.57. The Hall–Kier alpha value is -2.75. The fourth-order valence-electron chi connectivity index (χ4n) is 2.34. The largest absolute Gasteiger partial charge is 0.448 e. The van der Waals surface area contributed by atoms with E-state index in [9.17, 15) is 0 Å². The molecule has 1 aliphatic rings. The van der Waals surface area contributed by atoms with Crippen LogP contribution in [0.1, 0.15) is 47.1 Å². The van der Waals surface area contributed by atoms with Crippen LogP contribution in [0.15, 0.2) is 78.2 Å². The first-order valence-corrected chi connectivity index (χ1v) is 9.20. The maximum Gasteiger partial charge on any atom is 0.240 e. The van der Waals surface area contributed by atoms with Crippen molar-refractivity contribution in [1.29, 1.82) is 0 Å². The van der Waals surface area contributed by atoms with Gasteiger partial charge >= 0.3 is 0 Å². The van der Waals surface area contributed by atoms with Crippen molar-refractivity contribution < 1.29 is 4.74 Å². The molecule has 2 aromatic rings. The second-order valence-corrected chi connectivity index (χ2v) is 5.57. The third-order valence-electron chi connectivity index (χ3n) is 3.39. The van der Waals surface area contributed by atoms with E-state index in [1.54, 1.807) is 5.01 Å². The summed E-state index contributed by atoms with van der Waals surface area (Å²) < 4.78 is 5.98. The lowest BCUT2D eigenvalue weighted by molar-refractivity contribution is -0.00644. The van der Waals surface area contributed by atoms with Crippen LogP contribution >= 0.6 is 0 Å². The van der Waals surface area contributed by atoms with Gasteiger partial charge in [-0.3, -0.25) is 0 Å². The van der Waals surface area contributed by atoms with E-state index in [1.807, 2.05) is 102 Å². The Kier molecular flexibility index (Phi) is 8.43. The molecule has 0 bridgehead atoms. The highest BCUT2D eigenvalue weighted by Gasteiger charge is 2.38. The average Bonchev–Trinajstić information content (AvgIpc) is 3.02. The van der Waals surface area contributed by atoms with E-state index >= 15 is 0 Å². The number of nitrogens with one attached hydrogen (secondary N) is 1. The van der Waals surface area contributed by atoms with Gasteiger partial charge in [0.25, 0.3) is 0 Å². The van der Waals surface area contributed by atoms with E-state index in [1.165, 1.54) is 0 Å². The third-order valence-corrected chi connectivity index (χ3v) is 3.39. The summed E-state index contributed by atoms with van der Waals surface area (Å²) in [4.78, 5) is 0. The summed E-state index contributed by atoms with van der Waals surface area (Å²) in [6, 6.07) is 19.7. The van der Waals surface area contributed by atoms with Crippen LogP contribution in [0.25, 0.3) is 0 Å². The van der Waals surface area contributed by atoms with Crippen LogP contribution in [0.3, 0.4) is 0 Å². The van der Waals surface area contributed by atoms with Gasteiger partial charge in [0, 0.05) is 11.3 Å². The first-order chi connectivity index (χ1) is 12.6. The Labute approximate surface area is 158 Å². The number of rotatable bonds is 4. The van der Waals surface area contributed by atoms with Gasteiger partial charge in [-0.25, -0.2) is 5.01 Å². The maximum absolute atomic E-state index is 5.98. The molecular formula is C22H31N3O. The molecule has 0 atom stereocenters. The van der Waals surface area contributed by atoms with Crippen molar-refractivity contribution in [2.45, 2.75) is 47.3 Å². The summed E-state index contributed by atoms with van der Waals surface area (Å²) in [6.45, 7) is 16.0. The molecule has 0 radical (unpaired) electrons. The molecule has 26 heavy (non-hydrogen) atoms. The van der Waals surface area contributed by atoms with Gasteiger partial charge in [-0.1, -0.05) is 70.7 Å². The van der Waals surface area contributed by atoms with Crippen LogP contribution < -0.4 is 5.32 Å². The molecule has 0 unspecified atom stereocenters. The van der Waals surface area contributed by atoms with Gasteiger partial charge in [-0.2, -0.15) is 0 Å². The number of hydrogen-bond acceptors (Lipinski definition) is 4. The number of benzene rings is 2. The van der Waals surface area contributed by atoms with Gasteiger partial charge < -0.3 is 10.1 Å². The molecule has 0 aliphatic carbocycles. The van der Waals surface area contributed by atoms with E-state index < -0.39 is 5.72 Å².